The standard InChI is InChI=1S/C8H11ClFN3O/c9-8-12-5-6(10)7(13-8)11-3-1-2-4-14/h5,14H,1-4H2,(H,11,12,13). The van der Waals surface area contributed by atoms with Gasteiger partial charge in [-0.05, 0) is 24.4 Å². The first-order chi connectivity index (χ1) is 6.74. The van der Waals surface area contributed by atoms with Gasteiger partial charge in [0, 0.05) is 13.2 Å². The monoisotopic (exact) mass is 219 g/mol. The zero-order valence-electron chi connectivity index (χ0n) is 7.50. The smallest absolute Gasteiger partial charge is 0.224 e. The van der Waals surface area contributed by atoms with Crippen molar-refractivity contribution in [3.05, 3.63) is 17.3 Å². The maximum atomic E-state index is 13.0. The van der Waals surface area contributed by atoms with E-state index >= 15 is 0 Å². The Bertz CT molecular complexity index is 298. The summed E-state index contributed by atoms with van der Waals surface area (Å²) in [5, 5.41) is 11.3. The van der Waals surface area contributed by atoms with Gasteiger partial charge in [-0.1, -0.05) is 0 Å². The molecule has 0 saturated heterocycles. The molecular formula is C8H11ClFN3O. The molecule has 0 fully saturated rings. The van der Waals surface area contributed by atoms with Crippen LogP contribution in [0.15, 0.2) is 6.20 Å². The van der Waals surface area contributed by atoms with Crippen LogP contribution in [0.4, 0.5) is 10.2 Å². The number of aromatic nitrogens is 2. The Morgan fingerprint density at radius 2 is 2.29 bits per heavy atom. The van der Waals surface area contributed by atoms with Crippen LogP contribution >= 0.6 is 11.6 Å². The Kier molecular flexibility index (Phi) is 4.55. The van der Waals surface area contributed by atoms with Crippen molar-refractivity contribution in [3.63, 3.8) is 0 Å². The van der Waals surface area contributed by atoms with Crippen LogP contribution in [0.25, 0.3) is 0 Å². The van der Waals surface area contributed by atoms with Crippen molar-refractivity contribution in [2.45, 2.75) is 12.8 Å². The van der Waals surface area contributed by atoms with Crippen molar-refractivity contribution in [1.29, 1.82) is 0 Å². The highest BCUT2D eigenvalue weighted by Crippen LogP contribution is 2.11. The van der Waals surface area contributed by atoms with Crippen LogP contribution in [0.5, 0.6) is 0 Å². The van der Waals surface area contributed by atoms with E-state index in [-0.39, 0.29) is 17.7 Å². The number of nitrogens with zero attached hydrogens (tertiary/aromatic N) is 2. The Balaban J connectivity index is 2.45. The van der Waals surface area contributed by atoms with Crippen LogP contribution in [-0.4, -0.2) is 28.2 Å². The lowest BCUT2D eigenvalue weighted by atomic mass is 10.3. The van der Waals surface area contributed by atoms with Crippen molar-refractivity contribution < 1.29 is 9.50 Å². The summed E-state index contributed by atoms with van der Waals surface area (Å²) in [7, 11) is 0. The van der Waals surface area contributed by atoms with Crippen LogP contribution in [0.2, 0.25) is 5.28 Å². The lowest BCUT2D eigenvalue weighted by molar-refractivity contribution is 0.286. The average Bonchev–Trinajstić information content (AvgIpc) is 2.18. The van der Waals surface area contributed by atoms with E-state index in [1.165, 1.54) is 0 Å². The first-order valence-corrected chi connectivity index (χ1v) is 4.64. The van der Waals surface area contributed by atoms with Crippen LogP contribution in [0.3, 0.4) is 0 Å². The highest BCUT2D eigenvalue weighted by atomic mass is 35.5. The first-order valence-electron chi connectivity index (χ1n) is 4.27. The lowest BCUT2D eigenvalue weighted by Crippen LogP contribution is -2.06. The molecular weight excluding hydrogens is 209 g/mol. The summed E-state index contributed by atoms with van der Waals surface area (Å²) in [6, 6.07) is 0. The minimum absolute atomic E-state index is 0.0102. The van der Waals surface area contributed by atoms with Gasteiger partial charge in [-0.2, -0.15) is 4.98 Å². The number of aliphatic hydroxyl groups excluding tert-OH is 1. The third-order valence-electron chi connectivity index (χ3n) is 1.59. The Morgan fingerprint density at radius 1 is 1.50 bits per heavy atom. The fourth-order valence-corrected chi connectivity index (χ4v) is 1.05. The maximum Gasteiger partial charge on any atom is 0.224 e. The Morgan fingerprint density at radius 3 is 3.00 bits per heavy atom. The van der Waals surface area contributed by atoms with E-state index in [0.29, 0.717) is 13.0 Å². The summed E-state index contributed by atoms with van der Waals surface area (Å²) in [5.74, 6) is -0.429. The van der Waals surface area contributed by atoms with Gasteiger partial charge in [0.15, 0.2) is 11.6 Å². The summed E-state index contributed by atoms with van der Waals surface area (Å²) in [4.78, 5) is 7.16. The molecule has 1 rings (SSSR count). The number of anilines is 1. The molecule has 6 heteroatoms. The number of aliphatic hydroxyl groups is 1. The Labute approximate surface area is 86.1 Å². The lowest BCUT2D eigenvalue weighted by Gasteiger charge is -2.05. The van der Waals surface area contributed by atoms with E-state index in [4.69, 9.17) is 16.7 Å². The van der Waals surface area contributed by atoms with E-state index in [2.05, 4.69) is 15.3 Å². The second-order valence-corrected chi connectivity index (χ2v) is 3.03. The van der Waals surface area contributed by atoms with Gasteiger partial charge in [-0.25, -0.2) is 9.37 Å². The quantitative estimate of drug-likeness (QED) is 0.582. The molecule has 0 saturated carbocycles. The Hall–Kier alpha value is -0.940. The molecule has 0 atom stereocenters. The molecule has 4 nitrogen and oxygen atoms in total. The number of halogens is 2. The van der Waals surface area contributed by atoms with Gasteiger partial charge in [-0.15, -0.1) is 0 Å². The summed E-state index contributed by atoms with van der Waals surface area (Å²) in [6.07, 6.45) is 2.44. The van der Waals surface area contributed by atoms with Gasteiger partial charge >= 0.3 is 0 Å². The summed E-state index contributed by atoms with van der Waals surface area (Å²) < 4.78 is 13.0. The molecule has 0 amide bonds. The van der Waals surface area contributed by atoms with Crippen molar-refractivity contribution in [1.82, 2.24) is 9.97 Å². The normalized spacial score (nSPS) is 10.2. The first kappa shape index (κ1) is 11.1. The van der Waals surface area contributed by atoms with Crippen molar-refractivity contribution in [2.75, 3.05) is 18.5 Å². The van der Waals surface area contributed by atoms with Crippen LogP contribution in [-0.2, 0) is 0 Å². The summed E-state index contributed by atoms with van der Waals surface area (Å²) in [5.41, 5.74) is 0. The number of hydrogen-bond acceptors (Lipinski definition) is 4. The number of rotatable bonds is 5. The van der Waals surface area contributed by atoms with Crippen LogP contribution in [0.1, 0.15) is 12.8 Å². The summed E-state index contributed by atoms with van der Waals surface area (Å²) >= 11 is 5.49. The number of nitrogens with one attached hydrogen (secondary N) is 1. The van der Waals surface area contributed by atoms with E-state index in [1.54, 1.807) is 0 Å². The molecule has 0 radical (unpaired) electrons. The van der Waals surface area contributed by atoms with Gasteiger partial charge < -0.3 is 10.4 Å². The van der Waals surface area contributed by atoms with Gasteiger partial charge in [0.25, 0.3) is 0 Å². The second kappa shape index (κ2) is 5.72. The molecule has 14 heavy (non-hydrogen) atoms. The zero-order valence-corrected chi connectivity index (χ0v) is 8.26. The fourth-order valence-electron chi connectivity index (χ4n) is 0.913. The largest absolute Gasteiger partial charge is 0.396 e. The fraction of sp³-hybridized carbons (Fsp3) is 0.500. The third kappa shape index (κ3) is 3.43. The molecule has 2 N–H and O–H groups in total. The topological polar surface area (TPSA) is 58.0 Å². The molecule has 0 bridgehead atoms. The number of hydrogen-bond donors (Lipinski definition) is 2. The summed E-state index contributed by atoms with van der Waals surface area (Å²) in [6.45, 7) is 0.680. The third-order valence-corrected chi connectivity index (χ3v) is 1.77. The molecule has 0 unspecified atom stereocenters. The highest BCUT2D eigenvalue weighted by Gasteiger charge is 2.04. The molecule has 0 spiro atoms. The SMILES string of the molecule is OCCCCNc1nc(Cl)ncc1F. The predicted octanol–water partition coefficient (Wildman–Crippen LogP) is 1.45. The number of unbranched alkanes of at least 4 members (excludes halogenated alkanes) is 1. The van der Waals surface area contributed by atoms with Gasteiger partial charge in [0.05, 0.1) is 6.20 Å². The van der Waals surface area contributed by atoms with Crippen molar-refractivity contribution in [2.24, 2.45) is 0 Å². The van der Waals surface area contributed by atoms with Crippen molar-refractivity contribution >= 4 is 17.4 Å². The molecule has 0 aliphatic carbocycles. The van der Waals surface area contributed by atoms with E-state index < -0.39 is 5.82 Å². The van der Waals surface area contributed by atoms with Gasteiger partial charge in [0.1, 0.15) is 0 Å². The van der Waals surface area contributed by atoms with E-state index in [9.17, 15) is 4.39 Å². The van der Waals surface area contributed by atoms with E-state index in [0.717, 1.165) is 12.6 Å². The molecule has 0 aliphatic rings. The highest BCUT2D eigenvalue weighted by molar-refractivity contribution is 6.28. The molecule has 1 heterocycles. The maximum absolute atomic E-state index is 13.0. The van der Waals surface area contributed by atoms with Gasteiger partial charge in [-0.3, -0.25) is 0 Å². The predicted molar refractivity (Wildman–Crippen MR) is 51.8 cm³/mol. The molecule has 0 aromatic carbocycles. The molecule has 1 aromatic rings. The minimum Gasteiger partial charge on any atom is -0.396 e. The molecule has 1 aromatic heterocycles. The zero-order chi connectivity index (χ0) is 10.4. The molecule has 0 aliphatic heterocycles. The van der Waals surface area contributed by atoms with Gasteiger partial charge in [0.2, 0.25) is 5.28 Å². The molecule has 78 valence electrons. The van der Waals surface area contributed by atoms with Crippen LogP contribution < -0.4 is 5.32 Å². The average molecular weight is 220 g/mol. The van der Waals surface area contributed by atoms with E-state index in [1.807, 2.05) is 0 Å². The minimum atomic E-state index is -0.529. The van der Waals surface area contributed by atoms with Crippen molar-refractivity contribution in [3.8, 4) is 0 Å². The van der Waals surface area contributed by atoms with Crippen LogP contribution in [0, 0.1) is 5.82 Å². The second-order valence-electron chi connectivity index (χ2n) is 2.69.